The molecule has 3 heteroatoms. The van der Waals surface area contributed by atoms with E-state index in [1.807, 2.05) is 0 Å². The minimum Gasteiger partial charge on any atom is -0.382 e. The maximum absolute atomic E-state index is 5.57. The SMILES string of the molecule is COC[C@H](N=C(c1ccccc1)N1C=C(c2ccccc2C)CC[C@H]1c1ccccc1)C(C)C. The number of ether oxygens (including phenoxy) is 1. The second-order valence-electron chi connectivity index (χ2n) is 9.43. The molecule has 34 heavy (non-hydrogen) atoms. The zero-order chi connectivity index (χ0) is 23.9. The Balaban J connectivity index is 1.88. The highest BCUT2D eigenvalue weighted by Crippen LogP contribution is 2.38. The highest BCUT2D eigenvalue weighted by atomic mass is 16.5. The average molecular weight is 453 g/mol. The van der Waals surface area contributed by atoms with Gasteiger partial charge in [0.15, 0.2) is 0 Å². The van der Waals surface area contributed by atoms with E-state index in [4.69, 9.17) is 9.73 Å². The Bertz CT molecular complexity index is 1120. The van der Waals surface area contributed by atoms with E-state index in [0.717, 1.165) is 24.2 Å². The predicted octanol–water partition coefficient (Wildman–Crippen LogP) is 7.29. The summed E-state index contributed by atoms with van der Waals surface area (Å²) in [4.78, 5) is 7.78. The first-order valence-corrected chi connectivity index (χ1v) is 12.3. The van der Waals surface area contributed by atoms with Gasteiger partial charge in [-0.2, -0.15) is 0 Å². The molecule has 0 aromatic heterocycles. The molecule has 176 valence electrons. The number of rotatable bonds is 7. The van der Waals surface area contributed by atoms with Crippen LogP contribution in [0, 0.1) is 12.8 Å². The third-order valence-corrected chi connectivity index (χ3v) is 6.66. The molecule has 0 radical (unpaired) electrons. The van der Waals surface area contributed by atoms with Crippen LogP contribution in [0.25, 0.3) is 5.57 Å². The summed E-state index contributed by atoms with van der Waals surface area (Å²) < 4.78 is 5.57. The lowest BCUT2D eigenvalue weighted by molar-refractivity contribution is 0.164. The van der Waals surface area contributed by atoms with E-state index >= 15 is 0 Å². The summed E-state index contributed by atoms with van der Waals surface area (Å²) in [5, 5.41) is 0. The number of hydrogen-bond acceptors (Lipinski definition) is 2. The van der Waals surface area contributed by atoms with Crippen LogP contribution in [0.4, 0.5) is 0 Å². The molecule has 0 unspecified atom stereocenters. The van der Waals surface area contributed by atoms with Gasteiger partial charge in [0.2, 0.25) is 0 Å². The van der Waals surface area contributed by atoms with Gasteiger partial charge in [-0.3, -0.25) is 4.99 Å². The van der Waals surface area contributed by atoms with Gasteiger partial charge in [0.05, 0.1) is 18.7 Å². The number of allylic oxidation sites excluding steroid dienone is 1. The van der Waals surface area contributed by atoms with Crippen LogP contribution in [0.5, 0.6) is 0 Å². The normalized spacial score (nSPS) is 17.6. The molecule has 3 nitrogen and oxygen atoms in total. The summed E-state index contributed by atoms with van der Waals surface area (Å²) in [6.07, 6.45) is 4.42. The molecular weight excluding hydrogens is 416 g/mol. The van der Waals surface area contributed by atoms with Crippen molar-refractivity contribution in [3.05, 3.63) is 113 Å². The van der Waals surface area contributed by atoms with Gasteiger partial charge in [-0.15, -0.1) is 0 Å². The lowest BCUT2D eigenvalue weighted by Crippen LogP contribution is -2.36. The van der Waals surface area contributed by atoms with Crippen molar-refractivity contribution in [1.82, 2.24) is 4.90 Å². The molecule has 2 atom stereocenters. The van der Waals surface area contributed by atoms with Gasteiger partial charge in [-0.05, 0) is 47.9 Å². The monoisotopic (exact) mass is 452 g/mol. The zero-order valence-corrected chi connectivity index (χ0v) is 20.8. The second kappa shape index (κ2) is 11.3. The van der Waals surface area contributed by atoms with Crippen LogP contribution in [-0.4, -0.2) is 30.5 Å². The van der Waals surface area contributed by atoms with Gasteiger partial charge >= 0.3 is 0 Å². The zero-order valence-electron chi connectivity index (χ0n) is 20.8. The molecule has 0 saturated carbocycles. The van der Waals surface area contributed by atoms with Gasteiger partial charge in [0.25, 0.3) is 0 Å². The standard InChI is InChI=1S/C31H36N2O/c1-23(2)29(22-34-4)32-31(26-16-9-6-10-17-26)33-21-27(28-18-12-11-13-24(28)3)19-20-30(33)25-14-7-5-8-15-25/h5-18,21,23,29-30H,19-20,22H2,1-4H3/t29-,30-/m0/s1. The fourth-order valence-electron chi connectivity index (χ4n) is 4.69. The van der Waals surface area contributed by atoms with Crippen LogP contribution >= 0.6 is 0 Å². The summed E-state index contributed by atoms with van der Waals surface area (Å²) in [6.45, 7) is 7.24. The molecule has 0 amide bonds. The number of hydrogen-bond donors (Lipinski definition) is 0. The molecule has 4 rings (SSSR count). The second-order valence-corrected chi connectivity index (χ2v) is 9.43. The van der Waals surface area contributed by atoms with E-state index in [0.29, 0.717) is 12.5 Å². The van der Waals surface area contributed by atoms with Crippen LogP contribution in [0.15, 0.2) is 96.1 Å². The van der Waals surface area contributed by atoms with Crippen LogP contribution in [0.3, 0.4) is 0 Å². The number of benzene rings is 3. The summed E-state index contributed by atoms with van der Waals surface area (Å²) in [6, 6.07) is 30.4. The quantitative estimate of drug-likeness (QED) is 0.278. The first-order chi connectivity index (χ1) is 16.6. The first-order valence-electron chi connectivity index (χ1n) is 12.3. The van der Waals surface area contributed by atoms with E-state index < -0.39 is 0 Å². The molecule has 1 aliphatic heterocycles. The maximum atomic E-state index is 5.57. The Kier molecular flexibility index (Phi) is 7.97. The Morgan fingerprint density at radius 1 is 0.941 bits per heavy atom. The molecule has 3 aromatic rings. The first kappa shape index (κ1) is 24.0. The number of methoxy groups -OCH3 is 1. The van der Waals surface area contributed by atoms with E-state index in [1.54, 1.807) is 7.11 Å². The van der Waals surface area contributed by atoms with Crippen molar-refractivity contribution < 1.29 is 4.74 Å². The lowest BCUT2D eigenvalue weighted by Gasteiger charge is -2.38. The largest absolute Gasteiger partial charge is 0.382 e. The number of nitrogens with zero attached hydrogens (tertiary/aromatic N) is 2. The Morgan fingerprint density at radius 3 is 2.24 bits per heavy atom. The summed E-state index contributed by atoms with van der Waals surface area (Å²) >= 11 is 0. The Morgan fingerprint density at radius 2 is 1.59 bits per heavy atom. The van der Waals surface area contributed by atoms with Gasteiger partial charge in [-0.1, -0.05) is 98.8 Å². The minimum absolute atomic E-state index is 0.0777. The number of amidine groups is 1. The molecule has 0 aliphatic carbocycles. The predicted molar refractivity (Wildman–Crippen MR) is 143 cm³/mol. The van der Waals surface area contributed by atoms with Crippen molar-refractivity contribution in [1.29, 1.82) is 0 Å². The average Bonchev–Trinajstić information content (AvgIpc) is 2.87. The van der Waals surface area contributed by atoms with Crippen molar-refractivity contribution in [2.75, 3.05) is 13.7 Å². The Labute approximate surface area is 204 Å². The molecular formula is C31H36N2O. The molecule has 1 heterocycles. The van der Waals surface area contributed by atoms with Crippen LogP contribution in [0.2, 0.25) is 0 Å². The van der Waals surface area contributed by atoms with Gasteiger partial charge in [0, 0.05) is 18.9 Å². The molecule has 0 bridgehead atoms. The third kappa shape index (κ3) is 5.48. The van der Waals surface area contributed by atoms with Gasteiger partial charge in [0.1, 0.15) is 5.84 Å². The fraction of sp³-hybridized carbons (Fsp3) is 0.323. The van der Waals surface area contributed by atoms with Crippen molar-refractivity contribution in [2.45, 2.75) is 45.7 Å². The van der Waals surface area contributed by atoms with E-state index in [1.165, 1.54) is 22.3 Å². The third-order valence-electron chi connectivity index (χ3n) is 6.66. The number of aryl methyl sites for hydroxylation is 1. The maximum Gasteiger partial charge on any atom is 0.135 e. The smallest absolute Gasteiger partial charge is 0.135 e. The topological polar surface area (TPSA) is 24.8 Å². The van der Waals surface area contributed by atoms with Crippen LogP contribution in [-0.2, 0) is 4.74 Å². The van der Waals surface area contributed by atoms with Crippen molar-refractivity contribution in [3.8, 4) is 0 Å². The molecule has 1 aliphatic rings. The Hall–Kier alpha value is -3.17. The minimum atomic E-state index is 0.0777. The molecule has 0 fully saturated rings. The van der Waals surface area contributed by atoms with Crippen molar-refractivity contribution in [3.63, 3.8) is 0 Å². The molecule has 0 spiro atoms. The van der Waals surface area contributed by atoms with Gasteiger partial charge in [-0.25, -0.2) is 0 Å². The van der Waals surface area contributed by atoms with E-state index in [9.17, 15) is 0 Å². The van der Waals surface area contributed by atoms with E-state index in [-0.39, 0.29) is 12.1 Å². The molecule has 0 N–H and O–H groups in total. The van der Waals surface area contributed by atoms with Gasteiger partial charge < -0.3 is 9.64 Å². The number of aliphatic imine (C=N–C) groups is 1. The van der Waals surface area contributed by atoms with Crippen molar-refractivity contribution >= 4 is 11.4 Å². The summed E-state index contributed by atoms with van der Waals surface area (Å²) in [7, 11) is 1.76. The molecule has 3 aromatic carbocycles. The summed E-state index contributed by atoms with van der Waals surface area (Å²) in [5.74, 6) is 1.38. The van der Waals surface area contributed by atoms with Crippen molar-refractivity contribution in [2.24, 2.45) is 10.9 Å². The van der Waals surface area contributed by atoms with Crippen LogP contribution in [0.1, 0.15) is 55.0 Å². The van der Waals surface area contributed by atoms with Crippen LogP contribution < -0.4 is 0 Å². The fourth-order valence-corrected chi connectivity index (χ4v) is 4.69. The highest BCUT2D eigenvalue weighted by Gasteiger charge is 2.29. The van der Waals surface area contributed by atoms with E-state index in [2.05, 4.69) is 117 Å². The lowest BCUT2D eigenvalue weighted by atomic mass is 9.89. The molecule has 0 saturated heterocycles. The summed E-state index contributed by atoms with van der Waals surface area (Å²) in [5.41, 5.74) is 6.45. The highest BCUT2D eigenvalue weighted by molar-refractivity contribution is 6.00.